The van der Waals surface area contributed by atoms with Gasteiger partial charge >= 0.3 is 0 Å². The van der Waals surface area contributed by atoms with E-state index in [2.05, 4.69) is 10.3 Å². The molecule has 0 unspecified atom stereocenters. The van der Waals surface area contributed by atoms with Gasteiger partial charge in [0.1, 0.15) is 17.2 Å². The number of aromatic nitrogens is 1. The molecule has 1 N–H and O–H groups in total. The minimum Gasteiger partial charge on any atom is -0.338 e. The summed E-state index contributed by atoms with van der Waals surface area (Å²) in [7, 11) is 0. The van der Waals surface area contributed by atoms with Gasteiger partial charge in [-0.05, 0) is 18.6 Å². The Balaban J connectivity index is 1.88. The molecule has 0 bridgehead atoms. The normalized spacial score (nSPS) is 13.7. The number of anilines is 1. The Morgan fingerprint density at radius 1 is 1.38 bits per heavy atom. The van der Waals surface area contributed by atoms with E-state index in [0.717, 1.165) is 12.1 Å². The number of amides is 2. The Bertz CT molecular complexity index is 873. The van der Waals surface area contributed by atoms with Crippen LogP contribution in [0, 0.1) is 15.9 Å². The molecule has 1 aliphatic heterocycles. The molecule has 0 saturated carbocycles. The van der Waals surface area contributed by atoms with Crippen LogP contribution < -0.4 is 5.32 Å². The molecular formula is C17H15FN4O4. The second-order valence-electron chi connectivity index (χ2n) is 5.81. The second kappa shape index (κ2) is 7.26. The van der Waals surface area contributed by atoms with Crippen LogP contribution in [-0.2, 0) is 11.3 Å². The summed E-state index contributed by atoms with van der Waals surface area (Å²) in [5, 5.41) is 13.7. The third-order valence-electron chi connectivity index (χ3n) is 4.04. The molecule has 26 heavy (non-hydrogen) atoms. The molecule has 0 atom stereocenters. The van der Waals surface area contributed by atoms with Gasteiger partial charge < -0.3 is 10.2 Å². The fraction of sp³-hybridized carbons (Fsp3) is 0.235. The van der Waals surface area contributed by atoms with Crippen molar-refractivity contribution in [2.24, 2.45) is 0 Å². The molecule has 2 heterocycles. The molecule has 3 rings (SSSR count). The summed E-state index contributed by atoms with van der Waals surface area (Å²) in [6, 6.07) is 6.59. The highest BCUT2D eigenvalue weighted by Crippen LogP contribution is 2.29. The molecule has 0 radical (unpaired) electrons. The number of pyridine rings is 1. The van der Waals surface area contributed by atoms with Gasteiger partial charge in [0.05, 0.1) is 4.92 Å². The topological polar surface area (TPSA) is 105 Å². The highest BCUT2D eigenvalue weighted by molar-refractivity contribution is 6.04. The summed E-state index contributed by atoms with van der Waals surface area (Å²) in [5.74, 6) is -1.53. The quantitative estimate of drug-likeness (QED) is 0.653. The highest BCUT2D eigenvalue weighted by Gasteiger charge is 2.25. The van der Waals surface area contributed by atoms with Crippen LogP contribution in [0.5, 0.6) is 0 Å². The van der Waals surface area contributed by atoms with Gasteiger partial charge in [0.25, 0.3) is 11.6 Å². The number of likely N-dealkylation sites (tertiary alicyclic amines) is 1. The number of benzene rings is 1. The number of carbonyl (C=O) groups is 2. The van der Waals surface area contributed by atoms with Crippen molar-refractivity contribution in [2.75, 3.05) is 11.9 Å². The van der Waals surface area contributed by atoms with E-state index in [0.29, 0.717) is 19.4 Å². The molecule has 0 spiro atoms. The molecule has 2 aromatic rings. The van der Waals surface area contributed by atoms with Crippen molar-refractivity contribution in [3.05, 3.63) is 63.7 Å². The van der Waals surface area contributed by atoms with Crippen molar-refractivity contribution >= 4 is 23.2 Å². The van der Waals surface area contributed by atoms with E-state index in [1.165, 1.54) is 17.2 Å². The molecule has 1 aliphatic rings. The van der Waals surface area contributed by atoms with E-state index < -0.39 is 22.3 Å². The number of rotatable bonds is 5. The Kier molecular flexibility index (Phi) is 4.87. The van der Waals surface area contributed by atoms with Gasteiger partial charge in [0.15, 0.2) is 0 Å². The van der Waals surface area contributed by atoms with E-state index in [9.17, 15) is 24.1 Å². The zero-order valence-corrected chi connectivity index (χ0v) is 13.6. The number of hydrogen-bond donors (Lipinski definition) is 1. The van der Waals surface area contributed by atoms with E-state index >= 15 is 0 Å². The lowest BCUT2D eigenvalue weighted by Gasteiger charge is -2.16. The van der Waals surface area contributed by atoms with E-state index in [1.807, 2.05) is 0 Å². The van der Waals surface area contributed by atoms with Crippen LogP contribution in [0.3, 0.4) is 0 Å². The Morgan fingerprint density at radius 2 is 2.19 bits per heavy atom. The molecule has 1 fully saturated rings. The van der Waals surface area contributed by atoms with Crippen LogP contribution in [0.1, 0.15) is 28.9 Å². The van der Waals surface area contributed by atoms with Crippen molar-refractivity contribution in [3.8, 4) is 0 Å². The average Bonchev–Trinajstić information content (AvgIpc) is 3.02. The van der Waals surface area contributed by atoms with Gasteiger partial charge in [0, 0.05) is 43.4 Å². The van der Waals surface area contributed by atoms with Gasteiger partial charge in [-0.25, -0.2) is 4.39 Å². The first-order valence-corrected chi connectivity index (χ1v) is 7.92. The average molecular weight is 358 g/mol. The van der Waals surface area contributed by atoms with Crippen LogP contribution >= 0.6 is 0 Å². The van der Waals surface area contributed by atoms with Crippen LogP contribution in [0.15, 0.2) is 36.5 Å². The summed E-state index contributed by atoms with van der Waals surface area (Å²) < 4.78 is 14.4. The minimum absolute atomic E-state index is 0.0304. The first kappa shape index (κ1) is 17.5. The summed E-state index contributed by atoms with van der Waals surface area (Å²) >= 11 is 0. The first-order valence-electron chi connectivity index (χ1n) is 7.92. The molecule has 134 valence electrons. The van der Waals surface area contributed by atoms with Gasteiger partial charge in [-0.2, -0.15) is 0 Å². The summed E-state index contributed by atoms with van der Waals surface area (Å²) in [4.78, 5) is 39.8. The van der Waals surface area contributed by atoms with Gasteiger partial charge in [-0.3, -0.25) is 24.7 Å². The maximum absolute atomic E-state index is 14.4. The molecule has 1 aromatic heterocycles. The van der Waals surface area contributed by atoms with Crippen LogP contribution in [0.2, 0.25) is 0 Å². The Hall–Kier alpha value is -3.36. The lowest BCUT2D eigenvalue weighted by atomic mass is 10.1. The third kappa shape index (κ3) is 3.66. The molecule has 2 amide bonds. The van der Waals surface area contributed by atoms with Crippen molar-refractivity contribution in [1.29, 1.82) is 0 Å². The summed E-state index contributed by atoms with van der Waals surface area (Å²) in [6.45, 7) is 0.449. The molecule has 1 aromatic carbocycles. The largest absolute Gasteiger partial charge is 0.338 e. The predicted molar refractivity (Wildman–Crippen MR) is 89.9 cm³/mol. The first-order chi connectivity index (χ1) is 12.5. The number of nitrogens with zero attached hydrogens (tertiary/aromatic N) is 3. The smallest absolute Gasteiger partial charge is 0.293 e. The summed E-state index contributed by atoms with van der Waals surface area (Å²) in [6.07, 6.45) is 2.47. The fourth-order valence-corrected chi connectivity index (χ4v) is 2.74. The Labute approximate surface area is 147 Å². The lowest BCUT2D eigenvalue weighted by Crippen LogP contribution is -2.24. The summed E-state index contributed by atoms with van der Waals surface area (Å²) in [5.41, 5.74) is -0.631. The number of halogens is 1. The Morgan fingerprint density at radius 3 is 2.81 bits per heavy atom. The maximum atomic E-state index is 14.4. The SMILES string of the molecule is O=C(Nc1cc(F)c(CN2CCCC2=O)cc1[N+](=O)[O-])c1ccccn1. The highest BCUT2D eigenvalue weighted by atomic mass is 19.1. The van der Waals surface area contributed by atoms with Crippen molar-refractivity contribution in [1.82, 2.24) is 9.88 Å². The molecule has 0 aliphatic carbocycles. The van der Waals surface area contributed by atoms with Crippen molar-refractivity contribution in [3.63, 3.8) is 0 Å². The van der Waals surface area contributed by atoms with Crippen LogP contribution in [0.4, 0.5) is 15.8 Å². The monoisotopic (exact) mass is 358 g/mol. The van der Waals surface area contributed by atoms with Gasteiger partial charge in [0.2, 0.25) is 5.91 Å². The standard InChI is InChI=1S/C17H15FN4O4/c18-12-9-14(20-17(24)13-4-1-2-6-19-13)15(22(25)26)8-11(12)10-21-7-3-5-16(21)23/h1-2,4,6,8-9H,3,5,7,10H2,(H,20,24). The molecular weight excluding hydrogens is 343 g/mol. The van der Waals surface area contributed by atoms with Gasteiger partial charge in [-0.1, -0.05) is 6.07 Å². The van der Waals surface area contributed by atoms with Gasteiger partial charge in [-0.15, -0.1) is 0 Å². The fourth-order valence-electron chi connectivity index (χ4n) is 2.74. The van der Waals surface area contributed by atoms with E-state index in [4.69, 9.17) is 0 Å². The number of hydrogen-bond acceptors (Lipinski definition) is 5. The van der Waals surface area contributed by atoms with E-state index in [-0.39, 0.29) is 29.4 Å². The van der Waals surface area contributed by atoms with Crippen molar-refractivity contribution in [2.45, 2.75) is 19.4 Å². The third-order valence-corrected chi connectivity index (χ3v) is 4.04. The minimum atomic E-state index is -0.730. The van der Waals surface area contributed by atoms with Crippen LogP contribution in [0.25, 0.3) is 0 Å². The number of nitro benzene ring substituents is 1. The zero-order chi connectivity index (χ0) is 18.7. The zero-order valence-electron chi connectivity index (χ0n) is 13.6. The van der Waals surface area contributed by atoms with Crippen molar-refractivity contribution < 1.29 is 18.9 Å². The maximum Gasteiger partial charge on any atom is 0.293 e. The van der Waals surface area contributed by atoms with E-state index in [1.54, 1.807) is 12.1 Å². The predicted octanol–water partition coefficient (Wildman–Crippen LogP) is 2.50. The van der Waals surface area contributed by atoms with Crippen LogP contribution in [-0.4, -0.2) is 33.2 Å². The number of nitro groups is 1. The second-order valence-corrected chi connectivity index (χ2v) is 5.81. The number of carbonyl (C=O) groups excluding carboxylic acids is 2. The molecule has 1 saturated heterocycles. The lowest BCUT2D eigenvalue weighted by molar-refractivity contribution is -0.384. The molecule has 8 nitrogen and oxygen atoms in total. The number of nitrogens with one attached hydrogen (secondary N) is 1. The molecule has 9 heteroatoms.